The Morgan fingerprint density at radius 1 is 1.32 bits per heavy atom. The van der Waals surface area contributed by atoms with E-state index in [1.54, 1.807) is 0 Å². The third kappa shape index (κ3) is 1.98. The number of aliphatic hydroxyl groups excluding tert-OH is 1. The standard InChI is InChI=1S/C14H16FNO3/c15-10-2-1-3-12(18)13(10)14(19)16-6-8-4-5-11(17)9(8)7-16/h1-3,8-9,11,17-18H,4-7H2. The number of carbonyl (C=O) groups excluding carboxylic acids is 1. The van der Waals surface area contributed by atoms with Crippen molar-refractivity contribution < 1.29 is 19.4 Å². The van der Waals surface area contributed by atoms with Crippen molar-refractivity contribution in [1.82, 2.24) is 4.90 Å². The number of halogens is 1. The van der Waals surface area contributed by atoms with E-state index in [9.17, 15) is 19.4 Å². The molecule has 1 aromatic rings. The highest BCUT2D eigenvalue weighted by Gasteiger charge is 2.44. The zero-order valence-electron chi connectivity index (χ0n) is 10.4. The molecule has 1 saturated heterocycles. The molecule has 1 aromatic carbocycles. The molecule has 0 bridgehead atoms. The van der Waals surface area contributed by atoms with E-state index >= 15 is 0 Å². The number of aromatic hydroxyl groups is 1. The number of rotatable bonds is 1. The first-order valence-corrected chi connectivity index (χ1v) is 6.52. The molecule has 3 atom stereocenters. The number of phenols is 1. The molecule has 2 aliphatic rings. The molecule has 5 heteroatoms. The van der Waals surface area contributed by atoms with E-state index in [0.29, 0.717) is 19.0 Å². The maximum absolute atomic E-state index is 13.7. The minimum Gasteiger partial charge on any atom is -0.507 e. The number of fused-ring (bicyclic) bond motifs is 1. The summed E-state index contributed by atoms with van der Waals surface area (Å²) in [4.78, 5) is 13.8. The van der Waals surface area contributed by atoms with Crippen LogP contribution in [0, 0.1) is 17.7 Å². The van der Waals surface area contributed by atoms with Gasteiger partial charge in [0.15, 0.2) is 0 Å². The summed E-state index contributed by atoms with van der Waals surface area (Å²) in [5.41, 5.74) is -0.267. The van der Waals surface area contributed by atoms with E-state index in [1.165, 1.54) is 23.1 Å². The van der Waals surface area contributed by atoms with Gasteiger partial charge in [0.05, 0.1) is 6.10 Å². The van der Waals surface area contributed by atoms with Gasteiger partial charge < -0.3 is 15.1 Å². The lowest BCUT2D eigenvalue weighted by Crippen LogP contribution is -2.31. The first kappa shape index (κ1) is 12.4. The Kier molecular flexibility index (Phi) is 2.93. The summed E-state index contributed by atoms with van der Waals surface area (Å²) < 4.78 is 13.7. The fraction of sp³-hybridized carbons (Fsp3) is 0.500. The van der Waals surface area contributed by atoms with E-state index in [2.05, 4.69) is 0 Å². The lowest BCUT2D eigenvalue weighted by atomic mass is 10.00. The van der Waals surface area contributed by atoms with Crippen LogP contribution in [0.5, 0.6) is 5.75 Å². The summed E-state index contributed by atoms with van der Waals surface area (Å²) >= 11 is 0. The van der Waals surface area contributed by atoms with Gasteiger partial charge in [-0.2, -0.15) is 0 Å². The van der Waals surface area contributed by atoms with Crippen molar-refractivity contribution >= 4 is 5.91 Å². The molecular weight excluding hydrogens is 249 g/mol. The molecule has 2 N–H and O–H groups in total. The van der Waals surface area contributed by atoms with Crippen LogP contribution in [0.4, 0.5) is 4.39 Å². The minimum atomic E-state index is -0.706. The maximum atomic E-state index is 13.7. The Hall–Kier alpha value is -1.62. The molecule has 1 saturated carbocycles. The second-order valence-electron chi connectivity index (χ2n) is 5.41. The highest BCUT2D eigenvalue weighted by molar-refractivity contribution is 5.97. The lowest BCUT2D eigenvalue weighted by molar-refractivity contribution is 0.0745. The second-order valence-corrected chi connectivity index (χ2v) is 5.41. The van der Waals surface area contributed by atoms with Crippen LogP contribution in [0.3, 0.4) is 0 Å². The molecule has 4 nitrogen and oxygen atoms in total. The molecule has 19 heavy (non-hydrogen) atoms. The number of phenolic OH excluding ortho intramolecular Hbond substituents is 1. The number of likely N-dealkylation sites (tertiary alicyclic amines) is 1. The topological polar surface area (TPSA) is 60.8 Å². The normalized spacial score (nSPS) is 29.6. The Balaban J connectivity index is 1.83. The minimum absolute atomic E-state index is 0.0952. The number of hydrogen-bond donors (Lipinski definition) is 2. The number of nitrogens with zero attached hydrogens (tertiary/aromatic N) is 1. The molecule has 0 spiro atoms. The van der Waals surface area contributed by atoms with E-state index in [0.717, 1.165) is 12.8 Å². The molecule has 0 radical (unpaired) electrons. The van der Waals surface area contributed by atoms with Crippen LogP contribution in [0.15, 0.2) is 18.2 Å². The van der Waals surface area contributed by atoms with Crippen LogP contribution >= 0.6 is 0 Å². The number of amides is 1. The number of carbonyl (C=O) groups is 1. The van der Waals surface area contributed by atoms with Crippen LogP contribution in [-0.4, -0.2) is 40.2 Å². The predicted octanol–water partition coefficient (Wildman–Crippen LogP) is 1.37. The van der Waals surface area contributed by atoms with Crippen LogP contribution in [0.1, 0.15) is 23.2 Å². The third-order valence-electron chi connectivity index (χ3n) is 4.31. The zero-order valence-corrected chi connectivity index (χ0v) is 10.4. The largest absolute Gasteiger partial charge is 0.507 e. The molecule has 1 aliphatic carbocycles. The molecule has 3 rings (SSSR count). The predicted molar refractivity (Wildman–Crippen MR) is 66.2 cm³/mol. The highest BCUT2D eigenvalue weighted by atomic mass is 19.1. The molecule has 1 aliphatic heterocycles. The van der Waals surface area contributed by atoms with Crippen molar-refractivity contribution in [1.29, 1.82) is 0 Å². The zero-order chi connectivity index (χ0) is 13.6. The molecule has 1 heterocycles. The lowest BCUT2D eigenvalue weighted by Gasteiger charge is -2.19. The SMILES string of the molecule is O=C(c1c(O)cccc1F)N1CC2CCC(O)C2C1. The van der Waals surface area contributed by atoms with Gasteiger partial charge >= 0.3 is 0 Å². The third-order valence-corrected chi connectivity index (χ3v) is 4.31. The van der Waals surface area contributed by atoms with E-state index in [1.807, 2.05) is 0 Å². The fourth-order valence-electron chi connectivity index (χ4n) is 3.29. The first-order valence-electron chi connectivity index (χ1n) is 6.52. The Morgan fingerprint density at radius 3 is 2.79 bits per heavy atom. The van der Waals surface area contributed by atoms with E-state index < -0.39 is 11.7 Å². The molecule has 102 valence electrons. The van der Waals surface area contributed by atoms with Crippen molar-refractivity contribution in [2.45, 2.75) is 18.9 Å². The average Bonchev–Trinajstić information content (AvgIpc) is 2.92. The quantitative estimate of drug-likeness (QED) is 0.806. The van der Waals surface area contributed by atoms with Gasteiger partial charge in [0, 0.05) is 19.0 Å². The smallest absolute Gasteiger partial charge is 0.260 e. The Labute approximate surface area is 110 Å². The van der Waals surface area contributed by atoms with Crippen LogP contribution in [0.25, 0.3) is 0 Å². The van der Waals surface area contributed by atoms with Crippen molar-refractivity contribution in [2.24, 2.45) is 11.8 Å². The number of aliphatic hydroxyl groups is 1. The number of benzene rings is 1. The summed E-state index contributed by atoms with van der Waals surface area (Å²) in [5, 5.41) is 19.5. The van der Waals surface area contributed by atoms with Gasteiger partial charge in [-0.1, -0.05) is 6.07 Å². The van der Waals surface area contributed by atoms with Crippen molar-refractivity contribution in [2.75, 3.05) is 13.1 Å². The monoisotopic (exact) mass is 265 g/mol. The van der Waals surface area contributed by atoms with E-state index in [-0.39, 0.29) is 23.3 Å². The Bertz CT molecular complexity index is 499. The summed E-state index contributed by atoms with van der Waals surface area (Å²) in [6, 6.07) is 3.84. The van der Waals surface area contributed by atoms with Crippen LogP contribution in [-0.2, 0) is 0 Å². The van der Waals surface area contributed by atoms with Gasteiger partial charge in [-0.15, -0.1) is 0 Å². The van der Waals surface area contributed by atoms with E-state index in [4.69, 9.17) is 0 Å². The van der Waals surface area contributed by atoms with Crippen molar-refractivity contribution in [3.63, 3.8) is 0 Å². The van der Waals surface area contributed by atoms with Gasteiger partial charge in [-0.05, 0) is 30.9 Å². The summed E-state index contributed by atoms with van der Waals surface area (Å²) in [6.07, 6.45) is 1.32. The highest BCUT2D eigenvalue weighted by Crippen LogP contribution is 2.39. The van der Waals surface area contributed by atoms with Crippen molar-refractivity contribution in [3.8, 4) is 5.75 Å². The van der Waals surface area contributed by atoms with Crippen LogP contribution < -0.4 is 0 Å². The molecule has 0 aromatic heterocycles. The molecule has 1 amide bonds. The average molecular weight is 265 g/mol. The molecule has 2 fully saturated rings. The van der Waals surface area contributed by atoms with Gasteiger partial charge in [-0.3, -0.25) is 4.79 Å². The summed E-state index contributed by atoms with van der Waals surface area (Å²) in [6.45, 7) is 0.979. The van der Waals surface area contributed by atoms with Gasteiger partial charge in [0.25, 0.3) is 5.91 Å². The molecular formula is C14H16FNO3. The first-order chi connectivity index (χ1) is 9.08. The van der Waals surface area contributed by atoms with Crippen molar-refractivity contribution in [3.05, 3.63) is 29.6 Å². The maximum Gasteiger partial charge on any atom is 0.260 e. The van der Waals surface area contributed by atoms with Gasteiger partial charge in [0.2, 0.25) is 0 Å². The van der Waals surface area contributed by atoms with Gasteiger partial charge in [-0.25, -0.2) is 4.39 Å². The fourth-order valence-corrected chi connectivity index (χ4v) is 3.29. The second kappa shape index (κ2) is 4.49. The number of hydrogen-bond acceptors (Lipinski definition) is 3. The molecule has 3 unspecified atom stereocenters. The summed E-state index contributed by atoms with van der Waals surface area (Å²) in [7, 11) is 0. The summed E-state index contributed by atoms with van der Waals surface area (Å²) in [5.74, 6) is -1.13. The van der Waals surface area contributed by atoms with Gasteiger partial charge in [0.1, 0.15) is 17.1 Å². The Morgan fingerprint density at radius 2 is 2.11 bits per heavy atom. The van der Waals surface area contributed by atoms with Crippen LogP contribution in [0.2, 0.25) is 0 Å².